The van der Waals surface area contributed by atoms with Gasteiger partial charge in [0, 0.05) is 6.08 Å². The molecular weight excluding hydrogens is 338 g/mol. The zero-order valence-electron chi connectivity index (χ0n) is 17.9. The molecule has 1 aromatic carbocycles. The van der Waals surface area contributed by atoms with Gasteiger partial charge in [-0.05, 0) is 99.0 Å². The molecule has 0 atom stereocenters. The minimum absolute atomic E-state index is 0.805. The fraction of sp³-hybridized carbons (Fsp3) is 0.667. The number of benzene rings is 1. The van der Waals surface area contributed by atoms with Gasteiger partial charge in [0.25, 0.3) is 0 Å². The third kappa shape index (κ3) is 6.23. The van der Waals surface area contributed by atoms with E-state index in [2.05, 4.69) is 37.3 Å². The molecule has 2 aliphatic rings. The number of rotatable bonds is 8. The van der Waals surface area contributed by atoms with Crippen LogP contribution in [-0.4, -0.2) is 0 Å². The van der Waals surface area contributed by atoms with Gasteiger partial charge in [-0.2, -0.15) is 5.26 Å². The summed E-state index contributed by atoms with van der Waals surface area (Å²) in [7, 11) is 0. The molecular formula is C27H39N. The van der Waals surface area contributed by atoms with Crippen molar-refractivity contribution in [3.8, 4) is 6.07 Å². The molecule has 1 nitrogen and oxygen atoms in total. The molecule has 0 spiro atoms. The molecule has 28 heavy (non-hydrogen) atoms. The Hall–Kier alpha value is -1.55. The van der Waals surface area contributed by atoms with E-state index in [4.69, 9.17) is 5.26 Å². The first kappa shape index (κ1) is 21.2. The number of hydrogen-bond donors (Lipinski definition) is 0. The number of nitriles is 1. The molecule has 0 N–H and O–H groups in total. The first-order valence-electron chi connectivity index (χ1n) is 11.9. The van der Waals surface area contributed by atoms with E-state index in [9.17, 15) is 0 Å². The average molecular weight is 378 g/mol. The van der Waals surface area contributed by atoms with Crippen LogP contribution in [0.5, 0.6) is 0 Å². The molecule has 1 heteroatoms. The Balaban J connectivity index is 1.38. The molecule has 0 aromatic heterocycles. The van der Waals surface area contributed by atoms with Crippen molar-refractivity contribution in [3.63, 3.8) is 0 Å². The molecule has 0 radical (unpaired) electrons. The van der Waals surface area contributed by atoms with Crippen LogP contribution in [0.3, 0.4) is 0 Å². The Bertz CT molecular complexity index is 619. The van der Waals surface area contributed by atoms with E-state index in [1.54, 1.807) is 11.6 Å². The monoisotopic (exact) mass is 377 g/mol. The number of nitrogens with zero attached hydrogens (tertiary/aromatic N) is 1. The van der Waals surface area contributed by atoms with Crippen LogP contribution in [0.25, 0.3) is 0 Å². The van der Waals surface area contributed by atoms with Crippen LogP contribution in [0, 0.1) is 29.1 Å². The summed E-state index contributed by atoms with van der Waals surface area (Å²) in [5, 5.41) is 8.58. The minimum atomic E-state index is 0.805. The molecule has 152 valence electrons. The summed E-state index contributed by atoms with van der Waals surface area (Å²) in [4.78, 5) is 0. The van der Waals surface area contributed by atoms with E-state index >= 15 is 0 Å². The molecule has 2 fully saturated rings. The van der Waals surface area contributed by atoms with Crippen LogP contribution in [0.15, 0.2) is 36.4 Å². The molecule has 0 unspecified atom stereocenters. The van der Waals surface area contributed by atoms with E-state index in [0.29, 0.717) is 0 Å². The van der Waals surface area contributed by atoms with Gasteiger partial charge in [0.15, 0.2) is 0 Å². The number of hydrogen-bond acceptors (Lipinski definition) is 1. The Morgan fingerprint density at radius 1 is 0.929 bits per heavy atom. The summed E-state index contributed by atoms with van der Waals surface area (Å²) >= 11 is 0. The van der Waals surface area contributed by atoms with Gasteiger partial charge in [0.1, 0.15) is 0 Å². The third-order valence-corrected chi connectivity index (χ3v) is 7.53. The second kappa shape index (κ2) is 11.5. The van der Waals surface area contributed by atoms with Gasteiger partial charge in [-0.25, -0.2) is 0 Å². The summed E-state index contributed by atoms with van der Waals surface area (Å²) < 4.78 is 0. The number of unbranched alkanes of at least 4 members (excludes halogenated alkanes) is 1. The number of aryl methyl sites for hydroxylation is 1. The van der Waals surface area contributed by atoms with Crippen LogP contribution in [0.1, 0.15) is 101 Å². The smallest absolute Gasteiger partial charge is 0.0908 e. The highest BCUT2D eigenvalue weighted by Crippen LogP contribution is 2.44. The van der Waals surface area contributed by atoms with E-state index in [1.807, 2.05) is 6.08 Å². The zero-order chi connectivity index (χ0) is 19.6. The highest BCUT2D eigenvalue weighted by Gasteiger charge is 2.31. The summed E-state index contributed by atoms with van der Waals surface area (Å²) in [6.07, 6.45) is 21.3. The van der Waals surface area contributed by atoms with E-state index < -0.39 is 0 Å². The quantitative estimate of drug-likeness (QED) is 0.421. The summed E-state index contributed by atoms with van der Waals surface area (Å²) in [6.45, 7) is 2.27. The molecule has 0 bridgehead atoms. The lowest BCUT2D eigenvalue weighted by atomic mass is 9.68. The molecule has 0 aliphatic heterocycles. The third-order valence-electron chi connectivity index (χ3n) is 7.53. The number of allylic oxidation sites excluding steroid dienone is 2. The van der Waals surface area contributed by atoms with Crippen molar-refractivity contribution in [2.75, 3.05) is 0 Å². The van der Waals surface area contributed by atoms with Gasteiger partial charge in [-0.15, -0.1) is 0 Å². The van der Waals surface area contributed by atoms with Crippen LogP contribution in [-0.2, 0) is 6.42 Å². The summed E-state index contributed by atoms with van der Waals surface area (Å²) in [5.41, 5.74) is 3.10. The van der Waals surface area contributed by atoms with Crippen molar-refractivity contribution >= 4 is 0 Å². The first-order chi connectivity index (χ1) is 13.8. The van der Waals surface area contributed by atoms with Crippen molar-refractivity contribution in [1.82, 2.24) is 0 Å². The second-order valence-electron chi connectivity index (χ2n) is 9.35. The fourth-order valence-corrected chi connectivity index (χ4v) is 5.68. The fourth-order valence-electron chi connectivity index (χ4n) is 5.68. The Labute approximate surface area is 173 Å². The van der Waals surface area contributed by atoms with Crippen molar-refractivity contribution < 1.29 is 0 Å². The van der Waals surface area contributed by atoms with Gasteiger partial charge < -0.3 is 0 Å². The molecule has 2 aliphatic carbocycles. The maximum Gasteiger partial charge on any atom is 0.0908 e. The van der Waals surface area contributed by atoms with Gasteiger partial charge in [0.2, 0.25) is 0 Å². The molecule has 3 rings (SSSR count). The van der Waals surface area contributed by atoms with Gasteiger partial charge in [-0.3, -0.25) is 0 Å². The van der Waals surface area contributed by atoms with E-state index in [0.717, 1.165) is 30.1 Å². The highest BCUT2D eigenvalue weighted by atomic mass is 14.4. The first-order valence-corrected chi connectivity index (χ1v) is 11.9. The Kier molecular flexibility index (Phi) is 8.66. The molecule has 2 saturated carbocycles. The van der Waals surface area contributed by atoms with Crippen molar-refractivity contribution in [3.05, 3.63) is 47.5 Å². The Morgan fingerprint density at radius 3 is 2.18 bits per heavy atom. The van der Waals surface area contributed by atoms with Gasteiger partial charge >= 0.3 is 0 Å². The van der Waals surface area contributed by atoms with E-state index in [-0.39, 0.29) is 0 Å². The van der Waals surface area contributed by atoms with Crippen LogP contribution in [0.2, 0.25) is 0 Å². The van der Waals surface area contributed by atoms with Crippen LogP contribution >= 0.6 is 0 Å². The van der Waals surface area contributed by atoms with Gasteiger partial charge in [-0.1, -0.05) is 56.5 Å². The molecule has 1 aromatic rings. The average Bonchev–Trinajstić information content (AvgIpc) is 2.76. The Morgan fingerprint density at radius 2 is 1.57 bits per heavy atom. The maximum absolute atomic E-state index is 8.58. The topological polar surface area (TPSA) is 23.8 Å². The normalized spacial score (nSPS) is 28.3. The molecule has 0 amide bonds. The zero-order valence-corrected chi connectivity index (χ0v) is 17.9. The predicted octanol–water partition coefficient (Wildman–Crippen LogP) is 7.97. The summed E-state index contributed by atoms with van der Waals surface area (Å²) in [6, 6.07) is 11.7. The van der Waals surface area contributed by atoms with Crippen molar-refractivity contribution in [2.24, 2.45) is 17.8 Å². The standard InChI is InChI=1S/C27H39N/c1-2-3-7-22-9-13-24(14-10-22)26-17-19-27(20-18-26)25-15-11-23(12-16-25)8-5-4-6-21-28/h4,6,9-10,13-14,23,25-27H,2-3,5,7-8,11-12,15-20H2,1H3/b6-4+. The van der Waals surface area contributed by atoms with E-state index in [1.165, 1.54) is 82.6 Å². The van der Waals surface area contributed by atoms with Gasteiger partial charge in [0.05, 0.1) is 6.07 Å². The largest absolute Gasteiger partial charge is 0.193 e. The lowest BCUT2D eigenvalue weighted by Gasteiger charge is -2.38. The van der Waals surface area contributed by atoms with Crippen molar-refractivity contribution in [2.45, 2.75) is 96.3 Å². The van der Waals surface area contributed by atoms with Crippen LogP contribution < -0.4 is 0 Å². The highest BCUT2D eigenvalue weighted by molar-refractivity contribution is 5.26. The molecule has 0 saturated heterocycles. The van der Waals surface area contributed by atoms with Crippen LogP contribution in [0.4, 0.5) is 0 Å². The lowest BCUT2D eigenvalue weighted by Crippen LogP contribution is -2.25. The SMILES string of the molecule is CCCCc1ccc(C2CCC(C3CCC(CC/C=C/C#N)CC3)CC2)cc1. The molecule has 0 heterocycles. The second-order valence-corrected chi connectivity index (χ2v) is 9.35. The lowest BCUT2D eigenvalue weighted by molar-refractivity contribution is 0.157. The predicted molar refractivity (Wildman–Crippen MR) is 119 cm³/mol. The summed E-state index contributed by atoms with van der Waals surface area (Å²) in [5.74, 6) is 3.68. The van der Waals surface area contributed by atoms with Crippen molar-refractivity contribution in [1.29, 1.82) is 5.26 Å². The maximum atomic E-state index is 8.58. The minimum Gasteiger partial charge on any atom is -0.193 e.